The topological polar surface area (TPSA) is 39.9 Å². The number of para-hydroxylation sites is 1. The third-order valence-electron chi connectivity index (χ3n) is 5.94. The van der Waals surface area contributed by atoms with Crippen LogP contribution < -0.4 is 4.90 Å². The Balaban J connectivity index is 1.43. The summed E-state index contributed by atoms with van der Waals surface area (Å²) in [6.07, 6.45) is -1.96. The molecule has 4 aromatic rings. The summed E-state index contributed by atoms with van der Waals surface area (Å²) in [5.41, 5.74) is 4.58. The van der Waals surface area contributed by atoms with Crippen LogP contribution in [0.1, 0.15) is 22.3 Å². The van der Waals surface area contributed by atoms with Gasteiger partial charge in [0.25, 0.3) is 0 Å². The summed E-state index contributed by atoms with van der Waals surface area (Å²) in [4.78, 5) is 6.47. The van der Waals surface area contributed by atoms with E-state index < -0.39 is 11.7 Å². The molecule has 0 amide bonds. The lowest BCUT2D eigenvalue weighted by Gasteiger charge is -2.31. The number of alkyl halides is 3. The molecule has 32 heavy (non-hydrogen) atoms. The normalized spacial score (nSPS) is 13.6. The number of rotatable bonds is 2. The van der Waals surface area contributed by atoms with Crippen LogP contribution in [0.3, 0.4) is 0 Å². The van der Waals surface area contributed by atoms with E-state index in [4.69, 9.17) is 5.26 Å². The zero-order valence-corrected chi connectivity index (χ0v) is 17.0. The minimum absolute atomic E-state index is 0.354. The Morgan fingerprint density at radius 3 is 2.56 bits per heavy atom. The maximum Gasteiger partial charge on any atom is 0.417 e. The number of benzene rings is 3. The van der Waals surface area contributed by atoms with E-state index in [2.05, 4.69) is 17.1 Å². The summed E-state index contributed by atoms with van der Waals surface area (Å²) < 4.78 is 40.0. The molecule has 3 aromatic carbocycles. The molecule has 0 N–H and O–H groups in total. The van der Waals surface area contributed by atoms with Crippen LogP contribution in [0.2, 0.25) is 0 Å². The molecule has 0 spiro atoms. The first-order valence-electron chi connectivity index (χ1n) is 10.3. The minimum Gasteiger partial charge on any atom is -0.367 e. The first-order chi connectivity index (χ1) is 15.4. The summed E-state index contributed by atoms with van der Waals surface area (Å²) in [6.45, 7) is 1.13. The maximum absolute atomic E-state index is 13.3. The third kappa shape index (κ3) is 3.67. The molecule has 2 heterocycles. The predicted molar refractivity (Wildman–Crippen MR) is 118 cm³/mol. The second kappa shape index (κ2) is 7.69. The molecule has 0 saturated heterocycles. The molecule has 6 heteroatoms. The average molecular weight is 429 g/mol. The number of pyridine rings is 1. The van der Waals surface area contributed by atoms with Gasteiger partial charge in [-0.15, -0.1) is 0 Å². The summed E-state index contributed by atoms with van der Waals surface area (Å²) in [7, 11) is 0. The van der Waals surface area contributed by atoms with E-state index in [9.17, 15) is 13.2 Å². The summed E-state index contributed by atoms with van der Waals surface area (Å²) in [6, 6.07) is 21.9. The Labute approximate surface area is 183 Å². The van der Waals surface area contributed by atoms with E-state index in [0.717, 1.165) is 40.1 Å². The van der Waals surface area contributed by atoms with Crippen molar-refractivity contribution < 1.29 is 13.2 Å². The fourth-order valence-corrected chi connectivity index (χ4v) is 4.24. The molecule has 0 radical (unpaired) electrons. The molecule has 0 aliphatic carbocycles. The van der Waals surface area contributed by atoms with Crippen molar-refractivity contribution in [1.29, 1.82) is 5.26 Å². The number of nitrogens with zero attached hydrogens (tertiary/aromatic N) is 3. The zero-order valence-electron chi connectivity index (χ0n) is 17.0. The fraction of sp³-hybridized carbons (Fsp3) is 0.154. The Kier molecular flexibility index (Phi) is 4.82. The van der Waals surface area contributed by atoms with Gasteiger partial charge in [0.1, 0.15) is 0 Å². The molecule has 5 rings (SSSR count). The Morgan fingerprint density at radius 1 is 0.906 bits per heavy atom. The zero-order chi connectivity index (χ0) is 22.3. The van der Waals surface area contributed by atoms with Gasteiger partial charge < -0.3 is 4.90 Å². The second-order valence-corrected chi connectivity index (χ2v) is 7.91. The highest BCUT2D eigenvalue weighted by Crippen LogP contribution is 2.36. The number of halogens is 3. The fourth-order valence-electron chi connectivity index (χ4n) is 4.24. The maximum atomic E-state index is 13.3. The van der Waals surface area contributed by atoms with E-state index in [-0.39, 0.29) is 5.56 Å². The van der Waals surface area contributed by atoms with Crippen molar-refractivity contribution in [2.45, 2.75) is 19.1 Å². The van der Waals surface area contributed by atoms with Gasteiger partial charge in [0.15, 0.2) is 0 Å². The molecule has 0 unspecified atom stereocenters. The Hall–Kier alpha value is -3.85. The van der Waals surface area contributed by atoms with Gasteiger partial charge in [0, 0.05) is 35.9 Å². The smallest absolute Gasteiger partial charge is 0.367 e. The lowest BCUT2D eigenvalue weighted by Crippen LogP contribution is -2.30. The van der Waals surface area contributed by atoms with Crippen molar-refractivity contribution in [3.05, 3.63) is 95.2 Å². The number of fused-ring (bicyclic) bond motifs is 2. The van der Waals surface area contributed by atoms with Crippen LogP contribution in [-0.4, -0.2) is 11.5 Å². The third-order valence-corrected chi connectivity index (χ3v) is 5.94. The quantitative estimate of drug-likeness (QED) is 0.373. The first-order valence-corrected chi connectivity index (χ1v) is 10.3. The number of nitriles is 1. The number of anilines is 1. The van der Waals surface area contributed by atoms with Crippen molar-refractivity contribution in [1.82, 2.24) is 4.98 Å². The SMILES string of the molecule is N#Cc1ccc(N2CCc3cc(-c4cnc5ccccc5c4)ccc3C2)cc1C(F)(F)F. The van der Waals surface area contributed by atoms with E-state index in [0.29, 0.717) is 18.8 Å². The van der Waals surface area contributed by atoms with Crippen molar-refractivity contribution in [3.8, 4) is 17.2 Å². The number of aromatic nitrogens is 1. The van der Waals surface area contributed by atoms with Gasteiger partial charge in [-0.05, 0) is 53.4 Å². The molecule has 3 nitrogen and oxygen atoms in total. The monoisotopic (exact) mass is 429 g/mol. The molecule has 1 aliphatic rings. The van der Waals surface area contributed by atoms with Gasteiger partial charge in [-0.1, -0.05) is 36.4 Å². The molecular weight excluding hydrogens is 411 g/mol. The first kappa shape index (κ1) is 20.1. The second-order valence-electron chi connectivity index (χ2n) is 7.91. The van der Waals surface area contributed by atoms with Gasteiger partial charge in [0.2, 0.25) is 0 Å². The standard InChI is InChI=1S/C26H18F3N3/c27-26(28,29)24-13-23(8-7-20(24)14-30)32-10-9-18-11-17(5-6-21(18)16-32)22-12-19-3-1-2-4-25(19)31-15-22/h1-8,11-13,15H,9-10,16H2. The largest absolute Gasteiger partial charge is 0.417 e. The van der Waals surface area contributed by atoms with Crippen molar-refractivity contribution >= 4 is 16.6 Å². The van der Waals surface area contributed by atoms with Crippen LogP contribution in [-0.2, 0) is 19.1 Å². The lowest BCUT2D eigenvalue weighted by molar-refractivity contribution is -0.137. The van der Waals surface area contributed by atoms with Crippen LogP contribution in [0, 0.1) is 11.3 Å². The summed E-state index contributed by atoms with van der Waals surface area (Å²) >= 11 is 0. The molecular formula is C26H18F3N3. The van der Waals surface area contributed by atoms with E-state index in [1.54, 1.807) is 12.1 Å². The van der Waals surface area contributed by atoms with Gasteiger partial charge in [-0.25, -0.2) is 0 Å². The van der Waals surface area contributed by atoms with Crippen LogP contribution in [0.25, 0.3) is 22.0 Å². The van der Waals surface area contributed by atoms with E-state index in [1.165, 1.54) is 11.6 Å². The predicted octanol–water partition coefficient (Wildman–Crippen LogP) is 6.35. The molecule has 0 fully saturated rings. The van der Waals surface area contributed by atoms with Gasteiger partial charge in [-0.2, -0.15) is 18.4 Å². The van der Waals surface area contributed by atoms with Crippen LogP contribution in [0.15, 0.2) is 72.9 Å². The van der Waals surface area contributed by atoms with Crippen molar-refractivity contribution in [2.75, 3.05) is 11.4 Å². The average Bonchev–Trinajstić information content (AvgIpc) is 2.82. The highest BCUT2D eigenvalue weighted by molar-refractivity contribution is 5.83. The van der Waals surface area contributed by atoms with E-state index in [1.807, 2.05) is 47.5 Å². The number of hydrogen-bond acceptors (Lipinski definition) is 3. The molecule has 1 aliphatic heterocycles. The number of hydrogen-bond donors (Lipinski definition) is 0. The van der Waals surface area contributed by atoms with Gasteiger partial charge in [0.05, 0.1) is 22.7 Å². The van der Waals surface area contributed by atoms with Crippen molar-refractivity contribution in [2.24, 2.45) is 0 Å². The van der Waals surface area contributed by atoms with Crippen LogP contribution >= 0.6 is 0 Å². The van der Waals surface area contributed by atoms with Crippen molar-refractivity contribution in [3.63, 3.8) is 0 Å². The highest BCUT2D eigenvalue weighted by atomic mass is 19.4. The van der Waals surface area contributed by atoms with Gasteiger partial charge >= 0.3 is 6.18 Å². The highest BCUT2D eigenvalue weighted by Gasteiger charge is 2.34. The Bertz CT molecular complexity index is 1370. The van der Waals surface area contributed by atoms with E-state index >= 15 is 0 Å². The summed E-state index contributed by atoms with van der Waals surface area (Å²) in [5.74, 6) is 0. The lowest BCUT2D eigenvalue weighted by atomic mass is 9.94. The van der Waals surface area contributed by atoms with Gasteiger partial charge in [-0.3, -0.25) is 4.98 Å². The molecule has 1 aromatic heterocycles. The van der Waals surface area contributed by atoms with Crippen LogP contribution in [0.4, 0.5) is 18.9 Å². The molecule has 0 bridgehead atoms. The summed E-state index contributed by atoms with van der Waals surface area (Å²) in [5, 5.41) is 10.1. The molecule has 158 valence electrons. The molecule has 0 saturated carbocycles. The molecule has 0 atom stereocenters. The minimum atomic E-state index is -4.56. The Morgan fingerprint density at radius 2 is 1.75 bits per heavy atom. The van der Waals surface area contributed by atoms with Crippen LogP contribution in [0.5, 0.6) is 0 Å².